The molecule has 4 heteroatoms. The fraction of sp³-hybridized carbons (Fsp3) is 0.316. The number of rotatable bonds is 11. The first kappa shape index (κ1) is 30.8. The Morgan fingerprint density at radius 1 is 0.429 bits per heavy atom. The molecule has 0 radical (unpaired) electrons. The van der Waals surface area contributed by atoms with E-state index in [1.165, 1.54) is 33.6 Å². The van der Waals surface area contributed by atoms with Crippen LogP contribution < -0.4 is 10.6 Å². The molecule has 0 atom stereocenters. The van der Waals surface area contributed by atoms with Crippen LogP contribution >= 0.6 is 0 Å². The highest BCUT2D eigenvalue weighted by atomic mass is 14.9. The van der Waals surface area contributed by atoms with Gasteiger partial charge in [0, 0.05) is 23.8 Å². The minimum absolute atomic E-state index is 0.409. The molecule has 4 nitrogen and oxygen atoms in total. The number of nitrogens with one attached hydrogen (secondary N) is 2. The Labute approximate surface area is 253 Å². The molecule has 4 aromatic carbocycles. The van der Waals surface area contributed by atoms with Crippen LogP contribution in [0.3, 0.4) is 0 Å². The van der Waals surface area contributed by atoms with Gasteiger partial charge in [-0.25, -0.2) is 0 Å². The third-order valence-corrected chi connectivity index (χ3v) is 7.57. The molecular weight excluding hydrogens is 512 g/mol. The zero-order valence-corrected chi connectivity index (χ0v) is 26.4. The van der Waals surface area contributed by atoms with E-state index in [0.29, 0.717) is 23.7 Å². The Morgan fingerprint density at radius 2 is 0.738 bits per heavy atom. The molecule has 0 aromatic heterocycles. The van der Waals surface area contributed by atoms with Gasteiger partial charge >= 0.3 is 0 Å². The van der Waals surface area contributed by atoms with Crippen molar-refractivity contribution in [1.82, 2.24) is 0 Å². The van der Waals surface area contributed by atoms with Gasteiger partial charge in [0.2, 0.25) is 0 Å². The second-order valence-corrected chi connectivity index (χ2v) is 12.1. The molecule has 0 saturated heterocycles. The maximum absolute atomic E-state index is 4.80. The third kappa shape index (κ3) is 7.36. The normalized spacial score (nSPS) is 12.0. The predicted octanol–water partition coefficient (Wildman–Crippen LogP) is 11.8. The molecule has 2 N–H and O–H groups in total. The number of benzene rings is 4. The van der Waals surface area contributed by atoms with Crippen molar-refractivity contribution in [2.45, 2.75) is 79.1 Å². The Kier molecular flexibility index (Phi) is 10.4. The molecule has 0 heterocycles. The summed E-state index contributed by atoms with van der Waals surface area (Å²) in [5.74, 6) is 1.64. The Hall–Kier alpha value is -4.18. The van der Waals surface area contributed by atoms with Crippen LogP contribution in [0.2, 0.25) is 0 Å². The first-order valence-electron chi connectivity index (χ1n) is 15.2. The highest BCUT2D eigenvalue weighted by Crippen LogP contribution is 2.38. The molecule has 218 valence electrons. The van der Waals surface area contributed by atoms with E-state index in [9.17, 15) is 0 Å². The van der Waals surface area contributed by atoms with Gasteiger partial charge in [0.25, 0.3) is 0 Å². The maximum Gasteiger partial charge on any atom is 0.0865 e. The summed E-state index contributed by atoms with van der Waals surface area (Å²) in [5, 5.41) is 7.46. The van der Waals surface area contributed by atoms with Gasteiger partial charge in [-0.15, -0.1) is 0 Å². The molecule has 0 saturated carbocycles. The van der Waals surface area contributed by atoms with Gasteiger partial charge in [-0.05, 0) is 70.2 Å². The molecule has 0 unspecified atom stereocenters. The van der Waals surface area contributed by atoms with Gasteiger partial charge in [-0.1, -0.05) is 116 Å². The Bertz CT molecular complexity index is 1370. The van der Waals surface area contributed by atoms with Crippen molar-refractivity contribution < 1.29 is 0 Å². The lowest BCUT2D eigenvalue weighted by molar-refractivity contribution is 0.838. The summed E-state index contributed by atoms with van der Waals surface area (Å²) in [4.78, 5) is 9.60. The van der Waals surface area contributed by atoms with Crippen LogP contribution in [0.1, 0.15) is 101 Å². The van der Waals surface area contributed by atoms with Crippen LogP contribution in [-0.4, -0.2) is 12.4 Å². The quantitative estimate of drug-likeness (QED) is 0.180. The van der Waals surface area contributed by atoms with Crippen LogP contribution in [0, 0.1) is 0 Å². The zero-order chi connectivity index (χ0) is 30.2. The molecule has 0 spiro atoms. The largest absolute Gasteiger partial charge is 0.353 e. The summed E-state index contributed by atoms with van der Waals surface area (Å²) in [5.41, 5.74) is 11.3. The van der Waals surface area contributed by atoms with Crippen molar-refractivity contribution in [2.24, 2.45) is 9.98 Å². The zero-order valence-electron chi connectivity index (χ0n) is 26.4. The Morgan fingerprint density at radius 3 is 1.05 bits per heavy atom. The first-order chi connectivity index (χ1) is 20.2. The topological polar surface area (TPSA) is 48.8 Å². The van der Waals surface area contributed by atoms with Crippen molar-refractivity contribution in [3.8, 4) is 0 Å². The molecule has 0 fully saturated rings. The molecule has 0 bridgehead atoms. The van der Waals surface area contributed by atoms with E-state index in [0.717, 1.165) is 22.7 Å². The summed E-state index contributed by atoms with van der Waals surface area (Å²) in [7, 11) is 0. The minimum atomic E-state index is 0.409. The van der Waals surface area contributed by atoms with E-state index in [1.807, 2.05) is 36.4 Å². The minimum Gasteiger partial charge on any atom is -0.353 e. The second kappa shape index (κ2) is 14.1. The van der Waals surface area contributed by atoms with Gasteiger partial charge in [-0.2, -0.15) is 0 Å². The van der Waals surface area contributed by atoms with E-state index in [2.05, 4.69) is 115 Å². The molecule has 42 heavy (non-hydrogen) atoms. The average molecular weight is 559 g/mol. The van der Waals surface area contributed by atoms with E-state index in [1.54, 1.807) is 12.4 Å². The van der Waals surface area contributed by atoms with Crippen LogP contribution in [0.25, 0.3) is 0 Å². The lowest BCUT2D eigenvalue weighted by atomic mass is 9.92. The molecule has 0 aliphatic heterocycles. The average Bonchev–Trinajstić information content (AvgIpc) is 2.96. The first-order valence-corrected chi connectivity index (χ1v) is 15.2. The smallest absolute Gasteiger partial charge is 0.0865 e. The van der Waals surface area contributed by atoms with E-state index in [-0.39, 0.29) is 0 Å². The predicted molar refractivity (Wildman–Crippen MR) is 185 cm³/mol. The molecule has 0 aliphatic carbocycles. The number of para-hydroxylation sites is 6. The highest BCUT2D eigenvalue weighted by molar-refractivity contribution is 6.18. The van der Waals surface area contributed by atoms with Gasteiger partial charge in [0.05, 0.1) is 22.7 Å². The van der Waals surface area contributed by atoms with Crippen LogP contribution in [0.5, 0.6) is 0 Å². The fourth-order valence-electron chi connectivity index (χ4n) is 5.27. The lowest BCUT2D eigenvalue weighted by Crippen LogP contribution is -2.04. The SMILES string of the molecule is CC(C)c1cccc(C(C)C)c1Nc1ccccc1N=CC=Nc1ccccc1Nc1c(C(C)C)cccc1C(C)C. The molecule has 0 amide bonds. The number of hydrogen-bond donors (Lipinski definition) is 2. The maximum atomic E-state index is 4.80. The third-order valence-electron chi connectivity index (χ3n) is 7.57. The standard InChI is InChI=1S/C38H46N4/c1-25(2)29-15-13-16-30(26(3)4)37(29)41-35-21-11-9-19-33(35)39-23-24-40-34-20-10-12-22-36(34)42-38-31(27(5)6)17-14-18-32(38)28(7)8/h9-28,41-42H,1-8H3. The van der Waals surface area contributed by atoms with Gasteiger partial charge in [-0.3, -0.25) is 9.98 Å². The number of hydrogen-bond acceptors (Lipinski definition) is 4. The van der Waals surface area contributed by atoms with Crippen molar-refractivity contribution >= 4 is 46.6 Å². The Balaban J connectivity index is 1.60. The monoisotopic (exact) mass is 558 g/mol. The van der Waals surface area contributed by atoms with Gasteiger partial charge < -0.3 is 10.6 Å². The van der Waals surface area contributed by atoms with Crippen molar-refractivity contribution in [2.75, 3.05) is 10.6 Å². The van der Waals surface area contributed by atoms with Crippen molar-refractivity contribution in [3.05, 3.63) is 107 Å². The van der Waals surface area contributed by atoms with Gasteiger partial charge in [0.15, 0.2) is 0 Å². The van der Waals surface area contributed by atoms with E-state index >= 15 is 0 Å². The fourth-order valence-corrected chi connectivity index (χ4v) is 5.27. The molecule has 4 aromatic rings. The summed E-state index contributed by atoms with van der Waals surface area (Å²) in [6.07, 6.45) is 3.55. The number of aliphatic imine (C=N–C) groups is 2. The van der Waals surface area contributed by atoms with Crippen LogP contribution in [0.15, 0.2) is 94.9 Å². The number of nitrogens with zero attached hydrogens (tertiary/aromatic N) is 2. The summed E-state index contributed by atoms with van der Waals surface area (Å²) in [6, 6.07) is 29.5. The molecular formula is C38H46N4. The summed E-state index contributed by atoms with van der Waals surface area (Å²) < 4.78 is 0. The van der Waals surface area contributed by atoms with E-state index in [4.69, 9.17) is 9.98 Å². The number of anilines is 4. The highest BCUT2D eigenvalue weighted by Gasteiger charge is 2.16. The molecule has 4 rings (SSSR count). The van der Waals surface area contributed by atoms with Crippen molar-refractivity contribution in [3.63, 3.8) is 0 Å². The summed E-state index contributed by atoms with van der Waals surface area (Å²) in [6.45, 7) is 17.9. The molecule has 0 aliphatic rings. The summed E-state index contributed by atoms with van der Waals surface area (Å²) >= 11 is 0. The van der Waals surface area contributed by atoms with Gasteiger partial charge in [0.1, 0.15) is 0 Å². The lowest BCUT2D eigenvalue weighted by Gasteiger charge is -2.21. The van der Waals surface area contributed by atoms with E-state index < -0.39 is 0 Å². The van der Waals surface area contributed by atoms with Crippen molar-refractivity contribution in [1.29, 1.82) is 0 Å². The van der Waals surface area contributed by atoms with Crippen LogP contribution in [0.4, 0.5) is 34.1 Å². The van der Waals surface area contributed by atoms with Crippen LogP contribution in [-0.2, 0) is 0 Å². The second-order valence-electron chi connectivity index (χ2n) is 12.1.